The summed E-state index contributed by atoms with van der Waals surface area (Å²) >= 11 is 0. The molecule has 31 heavy (non-hydrogen) atoms. The summed E-state index contributed by atoms with van der Waals surface area (Å²) in [6, 6.07) is 3.45. The van der Waals surface area contributed by atoms with Crippen molar-refractivity contribution in [2.75, 3.05) is 61.9 Å². The van der Waals surface area contributed by atoms with Gasteiger partial charge in [0.1, 0.15) is 5.75 Å². The normalized spacial score (nSPS) is 15.1. The Bertz CT molecular complexity index is 593. The van der Waals surface area contributed by atoms with Crippen molar-refractivity contribution < 1.29 is 5.11 Å². The van der Waals surface area contributed by atoms with Crippen LogP contribution in [0.3, 0.4) is 0 Å². The molecule has 3 unspecified atom stereocenters. The van der Waals surface area contributed by atoms with Crippen LogP contribution in [0.1, 0.15) is 73.3 Å². The summed E-state index contributed by atoms with van der Waals surface area (Å²) in [6.45, 7) is 2.93. The molecule has 0 saturated heterocycles. The summed E-state index contributed by atoms with van der Waals surface area (Å²) < 4.78 is 0. The van der Waals surface area contributed by atoms with E-state index >= 15 is 0 Å². The lowest BCUT2D eigenvalue weighted by molar-refractivity contribution is 0.377. The molecule has 0 heterocycles. The minimum Gasteiger partial charge on any atom is -0.507 e. The first-order chi connectivity index (χ1) is 14.5. The van der Waals surface area contributed by atoms with Crippen molar-refractivity contribution in [2.24, 2.45) is 17.2 Å². The number of phenols is 1. The first kappa shape index (κ1) is 27.8. The predicted molar refractivity (Wildman–Crippen MR) is 132 cm³/mol. The monoisotopic (exact) mass is 436 g/mol. The minimum atomic E-state index is -0.235. The quantitative estimate of drug-likeness (QED) is 0.334. The fourth-order valence-electron chi connectivity index (χ4n) is 3.84. The molecule has 0 bridgehead atoms. The van der Waals surface area contributed by atoms with Gasteiger partial charge in [0.15, 0.2) is 0 Å². The molecule has 0 aliphatic carbocycles. The third kappa shape index (κ3) is 10.3. The Morgan fingerprint density at radius 1 is 0.645 bits per heavy atom. The Morgan fingerprint density at radius 3 is 1.29 bits per heavy atom. The fraction of sp³-hybridized carbons (Fsp3) is 0.750. The number of phenolic OH excluding ortho intramolecular Hbond substituents is 1. The number of nitrogens with zero attached hydrogens (tertiary/aromatic N) is 3. The van der Waals surface area contributed by atoms with Crippen LogP contribution in [0.4, 0.5) is 0 Å². The van der Waals surface area contributed by atoms with Gasteiger partial charge in [-0.2, -0.15) is 0 Å². The highest BCUT2D eigenvalue weighted by atomic mass is 16.3. The summed E-state index contributed by atoms with van der Waals surface area (Å²) in [5.74, 6) is 0.249. The van der Waals surface area contributed by atoms with Crippen LogP contribution in [0.15, 0.2) is 12.1 Å². The molecule has 7 nitrogen and oxygen atoms in total. The Morgan fingerprint density at radius 2 is 0.968 bits per heavy atom. The zero-order chi connectivity index (χ0) is 23.6. The molecule has 0 aromatic heterocycles. The van der Waals surface area contributed by atoms with E-state index in [2.05, 4.69) is 57.0 Å². The average molecular weight is 437 g/mol. The Kier molecular flexibility index (Phi) is 12.6. The lowest BCUT2D eigenvalue weighted by Crippen LogP contribution is -2.21. The molecule has 0 saturated carbocycles. The van der Waals surface area contributed by atoms with Crippen LogP contribution < -0.4 is 17.2 Å². The maximum Gasteiger partial charge on any atom is 0.125 e. The van der Waals surface area contributed by atoms with Gasteiger partial charge in [0.2, 0.25) is 0 Å². The van der Waals surface area contributed by atoms with Gasteiger partial charge >= 0.3 is 0 Å². The van der Waals surface area contributed by atoms with E-state index < -0.39 is 0 Å². The topological polar surface area (TPSA) is 108 Å². The molecule has 0 aliphatic rings. The van der Waals surface area contributed by atoms with Gasteiger partial charge in [0, 0.05) is 29.3 Å². The van der Waals surface area contributed by atoms with E-state index in [1.807, 2.05) is 12.1 Å². The van der Waals surface area contributed by atoms with Crippen LogP contribution in [-0.2, 0) is 0 Å². The van der Waals surface area contributed by atoms with Crippen molar-refractivity contribution in [1.82, 2.24) is 14.7 Å². The van der Waals surface area contributed by atoms with E-state index in [0.29, 0.717) is 0 Å². The fourth-order valence-corrected chi connectivity index (χ4v) is 3.84. The highest BCUT2D eigenvalue weighted by molar-refractivity contribution is 5.47. The van der Waals surface area contributed by atoms with E-state index in [0.717, 1.165) is 74.8 Å². The Labute approximate surface area is 190 Å². The lowest BCUT2D eigenvalue weighted by atomic mass is 9.89. The highest BCUT2D eigenvalue weighted by Gasteiger charge is 2.21. The van der Waals surface area contributed by atoms with Crippen LogP contribution in [-0.4, -0.2) is 81.7 Å². The summed E-state index contributed by atoms with van der Waals surface area (Å²) in [4.78, 5) is 6.47. The second-order valence-corrected chi connectivity index (χ2v) is 9.70. The molecule has 0 radical (unpaired) electrons. The first-order valence-corrected chi connectivity index (χ1v) is 11.6. The number of rotatable bonds is 15. The van der Waals surface area contributed by atoms with E-state index in [1.165, 1.54) is 0 Å². The van der Waals surface area contributed by atoms with Gasteiger partial charge in [0.25, 0.3) is 0 Å². The number of aromatic hydroxyl groups is 1. The Balaban J connectivity index is 3.09. The largest absolute Gasteiger partial charge is 0.507 e. The summed E-state index contributed by atoms with van der Waals surface area (Å²) in [7, 11) is 12.4. The molecular weight excluding hydrogens is 388 g/mol. The van der Waals surface area contributed by atoms with Gasteiger partial charge in [-0.15, -0.1) is 0 Å². The molecule has 0 amide bonds. The van der Waals surface area contributed by atoms with Crippen molar-refractivity contribution in [3.63, 3.8) is 0 Å². The second-order valence-electron chi connectivity index (χ2n) is 9.70. The van der Waals surface area contributed by atoms with E-state index in [-0.39, 0.29) is 23.9 Å². The number of nitrogens with two attached hydrogens (primary N) is 3. The molecule has 0 aliphatic heterocycles. The summed E-state index contributed by atoms with van der Waals surface area (Å²) in [6.07, 6.45) is 5.45. The summed E-state index contributed by atoms with van der Waals surface area (Å²) in [5, 5.41) is 11.1. The zero-order valence-electron chi connectivity index (χ0n) is 20.8. The zero-order valence-corrected chi connectivity index (χ0v) is 20.8. The lowest BCUT2D eigenvalue weighted by Gasteiger charge is -2.24. The standard InChI is InChI=1S/C24H48N6O/c1-28(2)13-7-10-21(25)18-16-19(22(26)11-8-14-29(3)4)24(31)20(17-18)23(27)12-9-15-30(5)6/h16-17,21-23,31H,7-15,25-27H2,1-6H3. The Hall–Kier alpha value is -1.22. The van der Waals surface area contributed by atoms with Crippen LogP contribution in [0.2, 0.25) is 0 Å². The third-order valence-electron chi connectivity index (χ3n) is 5.78. The van der Waals surface area contributed by atoms with Gasteiger partial charge in [0.05, 0.1) is 0 Å². The van der Waals surface area contributed by atoms with Gasteiger partial charge < -0.3 is 37.0 Å². The van der Waals surface area contributed by atoms with Crippen LogP contribution >= 0.6 is 0 Å². The van der Waals surface area contributed by atoms with Crippen molar-refractivity contribution >= 4 is 0 Å². The van der Waals surface area contributed by atoms with Gasteiger partial charge in [-0.3, -0.25) is 0 Å². The molecule has 3 atom stereocenters. The van der Waals surface area contributed by atoms with Crippen molar-refractivity contribution in [1.29, 1.82) is 0 Å². The minimum absolute atomic E-state index is 0.0963. The molecular formula is C24H48N6O. The molecule has 1 aromatic rings. The SMILES string of the molecule is CN(C)CCCC(N)c1cc(C(N)CCCN(C)C)c(O)c(C(N)CCCN(C)C)c1. The predicted octanol–water partition coefficient (Wildman–Crippen LogP) is 2.42. The average Bonchev–Trinajstić information content (AvgIpc) is 2.66. The molecule has 7 N–H and O–H groups in total. The molecule has 1 rings (SSSR count). The van der Waals surface area contributed by atoms with E-state index in [4.69, 9.17) is 17.2 Å². The maximum atomic E-state index is 11.1. The third-order valence-corrected chi connectivity index (χ3v) is 5.78. The molecule has 180 valence electrons. The molecule has 7 heteroatoms. The van der Waals surface area contributed by atoms with Crippen molar-refractivity contribution in [3.8, 4) is 5.75 Å². The van der Waals surface area contributed by atoms with E-state index in [1.54, 1.807) is 0 Å². The highest BCUT2D eigenvalue weighted by Crippen LogP contribution is 2.36. The maximum absolute atomic E-state index is 11.1. The molecule has 0 fully saturated rings. The molecule has 0 spiro atoms. The first-order valence-electron chi connectivity index (χ1n) is 11.6. The smallest absolute Gasteiger partial charge is 0.125 e. The van der Waals surface area contributed by atoms with E-state index in [9.17, 15) is 5.11 Å². The van der Waals surface area contributed by atoms with Gasteiger partial charge in [-0.25, -0.2) is 0 Å². The number of hydrogen-bond acceptors (Lipinski definition) is 7. The van der Waals surface area contributed by atoms with Crippen LogP contribution in [0.5, 0.6) is 5.75 Å². The molecule has 1 aromatic carbocycles. The summed E-state index contributed by atoms with van der Waals surface area (Å²) in [5.41, 5.74) is 22.2. The van der Waals surface area contributed by atoms with Gasteiger partial charge in [-0.05, 0) is 118 Å². The van der Waals surface area contributed by atoms with Crippen LogP contribution in [0, 0.1) is 0 Å². The van der Waals surface area contributed by atoms with Crippen molar-refractivity contribution in [2.45, 2.75) is 56.7 Å². The number of hydrogen-bond donors (Lipinski definition) is 4. The van der Waals surface area contributed by atoms with Crippen LogP contribution in [0.25, 0.3) is 0 Å². The second kappa shape index (κ2) is 14.0. The van der Waals surface area contributed by atoms with Crippen molar-refractivity contribution in [3.05, 3.63) is 28.8 Å². The number of benzene rings is 1. The van der Waals surface area contributed by atoms with Gasteiger partial charge in [-0.1, -0.05) is 0 Å².